The second kappa shape index (κ2) is 2.47. The third kappa shape index (κ3) is 1.05. The Morgan fingerprint density at radius 3 is 2.55 bits per heavy atom. The van der Waals surface area contributed by atoms with Crippen molar-refractivity contribution in [1.29, 1.82) is 0 Å². The van der Waals surface area contributed by atoms with Crippen LogP contribution in [0.2, 0.25) is 5.22 Å². The van der Waals surface area contributed by atoms with Gasteiger partial charge < -0.3 is 8.98 Å². The molecular formula is C8H6ClNO. The zero-order valence-electron chi connectivity index (χ0n) is 5.70. The second-order valence-corrected chi connectivity index (χ2v) is 2.51. The van der Waals surface area contributed by atoms with Crippen LogP contribution in [0.15, 0.2) is 41.3 Å². The third-order valence-corrected chi connectivity index (χ3v) is 1.76. The Hall–Kier alpha value is -1.15. The van der Waals surface area contributed by atoms with Crippen molar-refractivity contribution in [2.45, 2.75) is 0 Å². The zero-order chi connectivity index (χ0) is 7.68. The molecule has 0 amide bonds. The van der Waals surface area contributed by atoms with Crippen molar-refractivity contribution in [1.82, 2.24) is 4.57 Å². The van der Waals surface area contributed by atoms with Crippen LogP contribution in [0.1, 0.15) is 0 Å². The van der Waals surface area contributed by atoms with Gasteiger partial charge in [0.15, 0.2) is 0 Å². The van der Waals surface area contributed by atoms with Crippen molar-refractivity contribution in [2.75, 3.05) is 0 Å². The topological polar surface area (TPSA) is 18.1 Å². The van der Waals surface area contributed by atoms with E-state index in [-0.39, 0.29) is 0 Å². The van der Waals surface area contributed by atoms with Crippen LogP contribution in [0.5, 0.6) is 0 Å². The summed E-state index contributed by atoms with van der Waals surface area (Å²) in [6, 6.07) is 5.69. The molecule has 0 saturated carbocycles. The molecule has 0 spiro atoms. The average Bonchev–Trinajstić information content (AvgIpc) is 2.55. The number of rotatable bonds is 1. The van der Waals surface area contributed by atoms with Gasteiger partial charge in [-0.05, 0) is 23.7 Å². The number of hydrogen-bond donors (Lipinski definition) is 0. The fourth-order valence-corrected chi connectivity index (χ4v) is 1.18. The quantitative estimate of drug-likeness (QED) is 0.639. The fourth-order valence-electron chi connectivity index (χ4n) is 0.967. The van der Waals surface area contributed by atoms with Crippen molar-refractivity contribution < 1.29 is 4.42 Å². The smallest absolute Gasteiger partial charge is 0.217 e. The van der Waals surface area contributed by atoms with E-state index in [1.165, 1.54) is 0 Å². The minimum atomic E-state index is 0.418. The molecule has 56 valence electrons. The Morgan fingerprint density at radius 1 is 1.27 bits per heavy atom. The third-order valence-electron chi connectivity index (χ3n) is 1.48. The number of halogens is 1. The van der Waals surface area contributed by atoms with E-state index in [9.17, 15) is 0 Å². The molecule has 0 atom stereocenters. The molecule has 2 nitrogen and oxygen atoms in total. The minimum Gasteiger partial charge on any atom is -0.451 e. The second-order valence-electron chi connectivity index (χ2n) is 2.17. The van der Waals surface area contributed by atoms with Crippen LogP contribution in [0.4, 0.5) is 0 Å². The molecule has 11 heavy (non-hydrogen) atoms. The Kier molecular flexibility index (Phi) is 1.47. The fraction of sp³-hybridized carbons (Fsp3) is 0. The summed E-state index contributed by atoms with van der Waals surface area (Å²) in [5, 5.41) is 0.418. The summed E-state index contributed by atoms with van der Waals surface area (Å²) in [6.45, 7) is 0. The monoisotopic (exact) mass is 167 g/mol. The lowest BCUT2D eigenvalue weighted by Gasteiger charge is -1.95. The lowest BCUT2D eigenvalue weighted by Crippen LogP contribution is -1.85. The maximum Gasteiger partial charge on any atom is 0.217 e. The van der Waals surface area contributed by atoms with E-state index in [4.69, 9.17) is 16.0 Å². The van der Waals surface area contributed by atoms with Gasteiger partial charge in [0.2, 0.25) is 5.22 Å². The first-order chi connectivity index (χ1) is 5.38. The highest BCUT2D eigenvalue weighted by Crippen LogP contribution is 2.20. The van der Waals surface area contributed by atoms with Crippen LogP contribution in [0.3, 0.4) is 0 Å². The van der Waals surface area contributed by atoms with Crippen molar-refractivity contribution >= 4 is 11.6 Å². The molecule has 0 fully saturated rings. The molecule has 0 aromatic carbocycles. The molecule has 2 heterocycles. The van der Waals surface area contributed by atoms with E-state index >= 15 is 0 Å². The average molecular weight is 168 g/mol. The van der Waals surface area contributed by atoms with Crippen LogP contribution in [-0.2, 0) is 0 Å². The summed E-state index contributed by atoms with van der Waals surface area (Å²) in [5.74, 6) is 0. The predicted octanol–water partition coefficient (Wildman–Crippen LogP) is 2.72. The maximum atomic E-state index is 5.74. The van der Waals surface area contributed by atoms with Crippen molar-refractivity contribution in [3.05, 3.63) is 42.1 Å². The van der Waals surface area contributed by atoms with Crippen LogP contribution >= 0.6 is 11.6 Å². The summed E-state index contributed by atoms with van der Waals surface area (Å²) in [5.41, 5.74) is 0.872. The molecule has 0 radical (unpaired) electrons. The van der Waals surface area contributed by atoms with Gasteiger partial charge in [0.25, 0.3) is 0 Å². The first kappa shape index (κ1) is 6.55. The van der Waals surface area contributed by atoms with Gasteiger partial charge in [-0.15, -0.1) is 0 Å². The molecule has 0 aliphatic rings. The molecule has 3 heteroatoms. The summed E-state index contributed by atoms with van der Waals surface area (Å²) < 4.78 is 6.83. The van der Waals surface area contributed by atoms with Gasteiger partial charge in [-0.2, -0.15) is 0 Å². The Morgan fingerprint density at radius 2 is 2.00 bits per heavy atom. The van der Waals surface area contributed by atoms with Gasteiger partial charge in [0.1, 0.15) is 5.69 Å². The highest BCUT2D eigenvalue weighted by atomic mass is 35.5. The first-order valence-corrected chi connectivity index (χ1v) is 3.62. The summed E-state index contributed by atoms with van der Waals surface area (Å²) in [7, 11) is 0. The molecule has 0 bridgehead atoms. The van der Waals surface area contributed by atoms with Gasteiger partial charge in [0.05, 0.1) is 6.26 Å². The summed E-state index contributed by atoms with van der Waals surface area (Å²) >= 11 is 5.74. The first-order valence-electron chi connectivity index (χ1n) is 3.24. The zero-order valence-corrected chi connectivity index (χ0v) is 6.45. The molecule has 0 unspecified atom stereocenters. The SMILES string of the molecule is Clc1occc1-n1cccc1. The van der Waals surface area contributed by atoms with Gasteiger partial charge in [0, 0.05) is 18.5 Å². The highest BCUT2D eigenvalue weighted by molar-refractivity contribution is 6.30. The molecule has 0 N–H and O–H groups in total. The predicted molar refractivity (Wildman–Crippen MR) is 43.0 cm³/mol. The standard InChI is InChI=1S/C8H6ClNO/c9-8-7(3-6-11-8)10-4-1-2-5-10/h1-6H. The molecule has 2 rings (SSSR count). The molecule has 2 aromatic heterocycles. The molecule has 2 aromatic rings. The number of hydrogen-bond acceptors (Lipinski definition) is 1. The number of furan rings is 1. The van der Waals surface area contributed by atoms with Crippen molar-refractivity contribution in [2.24, 2.45) is 0 Å². The molecular weight excluding hydrogens is 162 g/mol. The van der Waals surface area contributed by atoms with Crippen LogP contribution in [-0.4, -0.2) is 4.57 Å². The number of aromatic nitrogens is 1. The van der Waals surface area contributed by atoms with E-state index in [1.807, 2.05) is 35.2 Å². The Bertz CT molecular complexity index is 337. The summed E-state index contributed by atoms with van der Waals surface area (Å²) in [4.78, 5) is 0. The minimum absolute atomic E-state index is 0.418. The lowest BCUT2D eigenvalue weighted by molar-refractivity contribution is 0.568. The number of nitrogens with zero attached hydrogens (tertiary/aromatic N) is 1. The lowest BCUT2D eigenvalue weighted by atomic mass is 10.5. The van der Waals surface area contributed by atoms with Crippen molar-refractivity contribution in [3.63, 3.8) is 0 Å². The Labute approximate surface area is 69.0 Å². The van der Waals surface area contributed by atoms with E-state index < -0.39 is 0 Å². The summed E-state index contributed by atoms with van der Waals surface area (Å²) in [6.07, 6.45) is 5.39. The normalized spacial score (nSPS) is 10.3. The van der Waals surface area contributed by atoms with E-state index in [0.29, 0.717) is 5.22 Å². The molecule has 0 saturated heterocycles. The van der Waals surface area contributed by atoms with Crippen LogP contribution in [0.25, 0.3) is 5.69 Å². The molecule has 0 aliphatic heterocycles. The largest absolute Gasteiger partial charge is 0.451 e. The highest BCUT2D eigenvalue weighted by Gasteiger charge is 2.02. The van der Waals surface area contributed by atoms with Crippen LogP contribution < -0.4 is 0 Å². The molecule has 0 aliphatic carbocycles. The van der Waals surface area contributed by atoms with Gasteiger partial charge >= 0.3 is 0 Å². The van der Waals surface area contributed by atoms with E-state index in [0.717, 1.165) is 5.69 Å². The Balaban J connectivity index is 2.53. The van der Waals surface area contributed by atoms with Crippen LogP contribution in [0, 0.1) is 0 Å². The van der Waals surface area contributed by atoms with E-state index in [2.05, 4.69) is 0 Å². The van der Waals surface area contributed by atoms with Gasteiger partial charge in [-0.25, -0.2) is 0 Å². The van der Waals surface area contributed by atoms with Crippen molar-refractivity contribution in [3.8, 4) is 5.69 Å². The van der Waals surface area contributed by atoms with Gasteiger partial charge in [-0.1, -0.05) is 0 Å². The van der Waals surface area contributed by atoms with E-state index in [1.54, 1.807) is 6.26 Å². The maximum absolute atomic E-state index is 5.74. The van der Waals surface area contributed by atoms with Gasteiger partial charge in [-0.3, -0.25) is 0 Å².